The van der Waals surface area contributed by atoms with Gasteiger partial charge in [-0.25, -0.2) is 4.98 Å². The highest BCUT2D eigenvalue weighted by molar-refractivity contribution is 6.38. The summed E-state index contributed by atoms with van der Waals surface area (Å²) in [5, 5.41) is 13.7. The first-order chi connectivity index (χ1) is 28.9. The van der Waals surface area contributed by atoms with Crippen LogP contribution in [0.3, 0.4) is 0 Å². The van der Waals surface area contributed by atoms with Crippen molar-refractivity contribution >= 4 is 47.1 Å². The van der Waals surface area contributed by atoms with E-state index in [4.69, 9.17) is 5.73 Å². The molecule has 0 unspecified atom stereocenters. The van der Waals surface area contributed by atoms with E-state index in [0.717, 1.165) is 38.5 Å². The topological polar surface area (TPSA) is 252 Å². The van der Waals surface area contributed by atoms with Crippen LogP contribution in [-0.4, -0.2) is 101 Å². The summed E-state index contributed by atoms with van der Waals surface area (Å²) in [4.78, 5) is 117. The number of nitrogens with zero attached hydrogens (tertiary/aromatic N) is 3. The Morgan fingerprint density at radius 3 is 2.08 bits per heavy atom. The maximum atomic E-state index is 14.3. The fraction of sp³-hybridized carbons (Fsp3) is 0.591. The van der Waals surface area contributed by atoms with Gasteiger partial charge in [0.2, 0.25) is 35.3 Å². The maximum Gasteiger partial charge on any atom is 0.290 e. The molecule has 2 aliphatic carbocycles. The molecule has 4 rings (SSSR count). The fourth-order valence-electron chi connectivity index (χ4n) is 8.23. The molecule has 2 fully saturated rings. The number of Topliss-reactive ketones (excluding diaryl/α,β-unsaturated/α-hetero) is 1. The van der Waals surface area contributed by atoms with Crippen LogP contribution >= 0.6 is 0 Å². The lowest BCUT2D eigenvalue weighted by atomic mass is 9.76. The molecular weight excluding hydrogens is 783 g/mol. The number of primary amides is 1. The molecule has 17 nitrogen and oxygen atoms in total. The van der Waals surface area contributed by atoms with Gasteiger partial charge < -0.3 is 37.2 Å². The average molecular weight is 846 g/mol. The largest absolute Gasteiger partial charge is 0.364 e. The summed E-state index contributed by atoms with van der Waals surface area (Å²) in [7, 11) is 3.11. The molecule has 6 atom stereocenters. The van der Waals surface area contributed by atoms with Gasteiger partial charge in [0, 0.05) is 32.5 Å². The molecule has 0 radical (unpaired) electrons. The minimum Gasteiger partial charge on any atom is -0.364 e. The van der Waals surface area contributed by atoms with E-state index in [0.29, 0.717) is 31.2 Å². The first kappa shape index (κ1) is 47.9. The lowest BCUT2D eigenvalue weighted by Crippen LogP contribution is -2.59. The standard InChI is InChI=1S/C44H63N9O8/c1-7-16-30(36(55)41(59)48-25-31(54)51-33(43(61)53(5)6)27-19-12-9-13-20-27)50-39(57)28-21-14-15-22-29(28)49-42(60)37(44(2,3)4)52-40(58)32(26-17-10-8-11-18-26)34-35(38(45)56)47-24-23-46-34/h9,12-13,19-20,23-24,26,28-30,32-33,37H,7-8,10-11,14-18,21-22,25H2,1-6H3,(H2,45,56)(H,48,59)(H,49,60)(H,50,57)(H,51,54)(H,52,58)/t28-,29+,30+,32+,33+,37-/m1/s1. The van der Waals surface area contributed by atoms with Crippen molar-refractivity contribution in [3.05, 3.63) is 59.7 Å². The van der Waals surface area contributed by atoms with Crippen molar-refractivity contribution in [2.45, 2.75) is 128 Å². The summed E-state index contributed by atoms with van der Waals surface area (Å²) in [6, 6.07) is 4.70. The van der Waals surface area contributed by atoms with Crippen LogP contribution in [0.15, 0.2) is 42.7 Å². The van der Waals surface area contributed by atoms with E-state index < -0.39 is 89.2 Å². The summed E-state index contributed by atoms with van der Waals surface area (Å²) in [5.74, 6) is -7.14. The van der Waals surface area contributed by atoms with Crippen molar-refractivity contribution in [3.63, 3.8) is 0 Å². The molecule has 2 saturated carbocycles. The van der Waals surface area contributed by atoms with Gasteiger partial charge in [0.25, 0.3) is 11.8 Å². The molecule has 0 spiro atoms. The number of nitrogens with two attached hydrogens (primary N) is 1. The van der Waals surface area contributed by atoms with Crippen LogP contribution in [0.2, 0.25) is 0 Å². The second-order valence-electron chi connectivity index (χ2n) is 17.4. The zero-order chi connectivity index (χ0) is 44.9. The maximum absolute atomic E-state index is 14.3. The van der Waals surface area contributed by atoms with Crippen molar-refractivity contribution in [1.29, 1.82) is 0 Å². The zero-order valence-corrected chi connectivity index (χ0v) is 36.3. The predicted molar refractivity (Wildman–Crippen MR) is 226 cm³/mol. The number of amides is 7. The zero-order valence-electron chi connectivity index (χ0n) is 36.3. The van der Waals surface area contributed by atoms with Gasteiger partial charge in [-0.05, 0) is 49.0 Å². The number of hydrogen-bond donors (Lipinski definition) is 6. The molecule has 0 aliphatic heterocycles. The fourth-order valence-corrected chi connectivity index (χ4v) is 8.23. The van der Waals surface area contributed by atoms with E-state index >= 15 is 0 Å². The van der Waals surface area contributed by atoms with Gasteiger partial charge in [-0.15, -0.1) is 0 Å². The molecule has 7 amide bonds. The lowest BCUT2D eigenvalue weighted by Gasteiger charge is -2.37. The monoisotopic (exact) mass is 845 g/mol. The second kappa shape index (κ2) is 22.2. The van der Waals surface area contributed by atoms with Crippen LogP contribution in [0, 0.1) is 17.3 Å². The third-order valence-corrected chi connectivity index (χ3v) is 11.5. The third kappa shape index (κ3) is 13.1. The van der Waals surface area contributed by atoms with Crippen LogP contribution in [0.1, 0.15) is 132 Å². The molecule has 1 heterocycles. The van der Waals surface area contributed by atoms with Gasteiger partial charge in [0.05, 0.1) is 30.1 Å². The molecule has 61 heavy (non-hydrogen) atoms. The Kier molecular flexibility index (Phi) is 17.4. The molecular formula is C44H63N9O8. The Hall–Kier alpha value is -5.74. The number of carbonyl (C=O) groups is 8. The molecule has 7 N–H and O–H groups in total. The van der Waals surface area contributed by atoms with Crippen LogP contribution in [0.25, 0.3) is 0 Å². The molecule has 0 saturated heterocycles. The first-order valence-electron chi connectivity index (χ1n) is 21.3. The number of rotatable bonds is 18. The number of likely N-dealkylation sites (N-methyl/N-ethyl adjacent to an activating group) is 1. The number of carbonyl (C=O) groups excluding carboxylic acids is 8. The summed E-state index contributed by atoms with van der Waals surface area (Å²) in [6.07, 6.45) is 9.91. The van der Waals surface area contributed by atoms with Crippen LogP contribution in [0.5, 0.6) is 0 Å². The number of hydrogen-bond acceptors (Lipinski definition) is 10. The second-order valence-corrected chi connectivity index (χ2v) is 17.4. The van der Waals surface area contributed by atoms with Gasteiger partial charge >= 0.3 is 0 Å². The highest BCUT2D eigenvalue weighted by Crippen LogP contribution is 2.37. The molecule has 0 bridgehead atoms. The Balaban J connectivity index is 1.44. The van der Waals surface area contributed by atoms with Crippen LogP contribution in [-0.2, 0) is 33.6 Å². The number of ketones is 1. The van der Waals surface area contributed by atoms with Crippen molar-refractivity contribution in [2.24, 2.45) is 23.0 Å². The van der Waals surface area contributed by atoms with Gasteiger partial charge in [-0.2, -0.15) is 0 Å². The molecule has 1 aromatic heterocycles. The van der Waals surface area contributed by atoms with Gasteiger partial charge in [0.15, 0.2) is 0 Å². The van der Waals surface area contributed by atoms with Crippen molar-refractivity contribution in [2.75, 3.05) is 20.6 Å². The molecule has 332 valence electrons. The quantitative estimate of drug-likeness (QED) is 0.120. The summed E-state index contributed by atoms with van der Waals surface area (Å²) in [6.45, 7) is 6.66. The van der Waals surface area contributed by atoms with Gasteiger partial charge in [-0.3, -0.25) is 43.3 Å². The van der Waals surface area contributed by atoms with E-state index in [1.807, 2.05) is 20.8 Å². The van der Waals surface area contributed by atoms with Crippen LogP contribution in [0.4, 0.5) is 0 Å². The Bertz CT molecular complexity index is 1890. The minimum absolute atomic E-state index is 0.0887. The number of aromatic nitrogens is 2. The SMILES string of the molecule is CCC[C@H](NC(=O)[C@@H]1CCCC[C@@H]1NC(=O)[C@@H](NC(=O)[C@H](c1nccnc1C(N)=O)C1CCCCC1)C(C)(C)C)C(=O)C(=O)NCC(=O)N[C@H](C(=O)N(C)C)c1ccccc1. The van der Waals surface area contributed by atoms with Crippen LogP contribution < -0.4 is 32.3 Å². The van der Waals surface area contributed by atoms with E-state index in [9.17, 15) is 38.4 Å². The summed E-state index contributed by atoms with van der Waals surface area (Å²) < 4.78 is 0. The minimum atomic E-state index is -1.20. The predicted octanol–water partition coefficient (Wildman–Crippen LogP) is 2.36. The first-order valence-corrected chi connectivity index (χ1v) is 21.3. The van der Waals surface area contributed by atoms with Gasteiger partial charge in [0.1, 0.15) is 17.8 Å². The molecule has 1 aromatic carbocycles. The molecule has 2 aliphatic rings. The van der Waals surface area contributed by atoms with E-state index in [-0.39, 0.29) is 29.6 Å². The average Bonchev–Trinajstić information content (AvgIpc) is 3.23. The number of benzene rings is 1. The summed E-state index contributed by atoms with van der Waals surface area (Å²) in [5.41, 5.74) is 5.50. The summed E-state index contributed by atoms with van der Waals surface area (Å²) >= 11 is 0. The van der Waals surface area contributed by atoms with E-state index in [1.165, 1.54) is 17.3 Å². The van der Waals surface area contributed by atoms with E-state index in [2.05, 4.69) is 36.6 Å². The smallest absolute Gasteiger partial charge is 0.290 e. The normalized spacial score (nSPS) is 18.9. The highest BCUT2D eigenvalue weighted by atomic mass is 16.2. The van der Waals surface area contributed by atoms with Crippen molar-refractivity contribution in [3.8, 4) is 0 Å². The van der Waals surface area contributed by atoms with E-state index in [1.54, 1.807) is 51.4 Å². The van der Waals surface area contributed by atoms with Gasteiger partial charge in [-0.1, -0.05) is 96.6 Å². The number of nitrogens with one attached hydrogen (secondary N) is 5. The van der Waals surface area contributed by atoms with Crippen molar-refractivity contribution in [1.82, 2.24) is 41.5 Å². The molecule has 17 heteroatoms. The van der Waals surface area contributed by atoms with Crippen molar-refractivity contribution < 1.29 is 38.4 Å². The molecule has 2 aromatic rings. The lowest BCUT2D eigenvalue weighted by molar-refractivity contribution is -0.141. The highest BCUT2D eigenvalue weighted by Gasteiger charge is 2.42. The third-order valence-electron chi connectivity index (χ3n) is 11.5. The Morgan fingerprint density at radius 2 is 1.46 bits per heavy atom. The Morgan fingerprint density at radius 1 is 0.820 bits per heavy atom. The Labute approximate surface area is 357 Å².